The Morgan fingerprint density at radius 3 is 2.56 bits per heavy atom. The molecule has 8 heteroatoms. The Bertz CT molecular complexity index is 935. The number of aromatic nitrogens is 2. The van der Waals surface area contributed by atoms with Crippen LogP contribution in [0, 0.1) is 29.1 Å². The first-order valence-electron chi connectivity index (χ1n) is 12.7. The zero-order valence-electron chi connectivity index (χ0n) is 21.2. The smallest absolute Gasteiger partial charge is 0.405 e. The molecule has 188 valence electrons. The van der Waals surface area contributed by atoms with Crippen LogP contribution in [0.3, 0.4) is 0 Å². The molecule has 4 aliphatic carbocycles. The van der Waals surface area contributed by atoms with Crippen LogP contribution in [-0.4, -0.2) is 40.0 Å². The van der Waals surface area contributed by atoms with Crippen molar-refractivity contribution >= 4 is 18.2 Å². The first-order valence-corrected chi connectivity index (χ1v) is 12.7. The van der Waals surface area contributed by atoms with E-state index >= 15 is 0 Å². The highest BCUT2D eigenvalue weighted by atomic mass is 16.6. The van der Waals surface area contributed by atoms with Crippen molar-refractivity contribution < 1.29 is 19.1 Å². The summed E-state index contributed by atoms with van der Waals surface area (Å²) < 4.78 is 13.4. The Balaban J connectivity index is 1.52. The van der Waals surface area contributed by atoms with Gasteiger partial charge in [0.1, 0.15) is 11.2 Å². The van der Waals surface area contributed by atoms with Crippen molar-refractivity contribution in [3.05, 3.63) is 17.8 Å². The molecule has 0 saturated heterocycles. The van der Waals surface area contributed by atoms with Gasteiger partial charge in [0.2, 0.25) is 5.88 Å². The molecule has 0 radical (unpaired) electrons. The highest BCUT2D eigenvalue weighted by molar-refractivity contribution is 5.96. The van der Waals surface area contributed by atoms with Crippen molar-refractivity contribution in [2.24, 2.45) is 34.8 Å². The van der Waals surface area contributed by atoms with Gasteiger partial charge >= 0.3 is 6.09 Å². The molecule has 3 N–H and O–H groups in total. The number of hydrogen-bond acceptors (Lipinski definition) is 5. The van der Waals surface area contributed by atoms with Crippen molar-refractivity contribution in [2.75, 3.05) is 6.61 Å². The van der Waals surface area contributed by atoms with Gasteiger partial charge in [0.25, 0.3) is 5.91 Å². The Morgan fingerprint density at radius 1 is 1.29 bits per heavy atom. The Kier molecular flexibility index (Phi) is 6.71. The molecule has 4 saturated carbocycles. The van der Waals surface area contributed by atoms with Crippen LogP contribution in [0.2, 0.25) is 0 Å². The zero-order valence-corrected chi connectivity index (χ0v) is 21.2. The van der Waals surface area contributed by atoms with Crippen molar-refractivity contribution in [1.82, 2.24) is 15.1 Å². The van der Waals surface area contributed by atoms with E-state index in [2.05, 4.69) is 51.1 Å². The number of nitrogens with two attached hydrogens (primary N) is 1. The second kappa shape index (κ2) is 9.27. The molecule has 2 amide bonds. The maximum Gasteiger partial charge on any atom is 0.405 e. The van der Waals surface area contributed by atoms with Crippen molar-refractivity contribution in [2.45, 2.75) is 84.8 Å². The summed E-state index contributed by atoms with van der Waals surface area (Å²) in [6, 6.07) is 0.0597. The standard InChI is InChI=1S/C26H40N4O4/c1-6-25(4,5)7-8-30-23(33-15-16(2)3)20(14-28-30)22(31)29-21-18-9-17-10-19(21)13-26(11-17,12-18)34-24(27)32/h7-8,14,16-19,21H,6,9-13,15H2,1-5H3,(H2,27,32)(H,29,31)/b8-7+/t17?,18?,19?,21-,26-. The first-order chi connectivity index (χ1) is 16.0. The molecular weight excluding hydrogens is 432 g/mol. The van der Waals surface area contributed by atoms with Gasteiger partial charge in [0.15, 0.2) is 0 Å². The monoisotopic (exact) mass is 472 g/mol. The SMILES string of the molecule is CCC(C)(C)/C=C/n1ncc(C(=O)N[C@H]2C3CC4CC2C[C@](OC(N)=O)(C4)C3)c1OCC(C)C. The van der Waals surface area contributed by atoms with Crippen molar-refractivity contribution in [1.29, 1.82) is 0 Å². The molecule has 0 aliphatic heterocycles. The van der Waals surface area contributed by atoms with Gasteiger partial charge in [-0.1, -0.05) is 40.7 Å². The predicted octanol–water partition coefficient (Wildman–Crippen LogP) is 4.60. The molecule has 8 nitrogen and oxygen atoms in total. The second-order valence-corrected chi connectivity index (χ2v) is 11.7. The maximum atomic E-state index is 13.5. The molecule has 1 heterocycles. The maximum absolute atomic E-state index is 13.5. The average molecular weight is 473 g/mol. The topological polar surface area (TPSA) is 108 Å². The van der Waals surface area contributed by atoms with E-state index in [0.717, 1.165) is 38.5 Å². The lowest BCUT2D eigenvalue weighted by Crippen LogP contribution is -2.63. The summed E-state index contributed by atoms with van der Waals surface area (Å²) in [4.78, 5) is 25.0. The van der Waals surface area contributed by atoms with Crippen LogP contribution >= 0.6 is 0 Å². The van der Waals surface area contributed by atoms with Gasteiger partial charge in [-0.3, -0.25) is 4.79 Å². The predicted molar refractivity (Wildman–Crippen MR) is 130 cm³/mol. The van der Waals surface area contributed by atoms with Crippen LogP contribution in [0.4, 0.5) is 4.79 Å². The number of nitrogens with one attached hydrogen (secondary N) is 1. The molecule has 34 heavy (non-hydrogen) atoms. The van der Waals surface area contributed by atoms with Crippen LogP contribution in [0.15, 0.2) is 12.3 Å². The number of nitrogens with zero attached hydrogens (tertiary/aromatic N) is 2. The van der Waals surface area contributed by atoms with Gasteiger partial charge in [-0.15, -0.1) is 0 Å². The molecule has 1 aromatic rings. The third-order valence-corrected chi connectivity index (χ3v) is 7.96. The number of primary amides is 1. The number of hydrogen-bond donors (Lipinski definition) is 2. The summed E-state index contributed by atoms with van der Waals surface area (Å²) in [6.07, 6.45) is 10.4. The lowest BCUT2D eigenvalue weighted by Gasteiger charge is -2.58. The van der Waals surface area contributed by atoms with E-state index in [1.165, 1.54) is 0 Å². The summed E-state index contributed by atoms with van der Waals surface area (Å²) in [5, 5.41) is 7.76. The molecule has 4 bridgehead atoms. The van der Waals surface area contributed by atoms with E-state index in [0.29, 0.717) is 29.9 Å². The fourth-order valence-electron chi connectivity index (χ4n) is 6.15. The lowest BCUT2D eigenvalue weighted by atomic mass is 9.52. The van der Waals surface area contributed by atoms with Crippen LogP contribution < -0.4 is 15.8 Å². The van der Waals surface area contributed by atoms with E-state index < -0.39 is 11.7 Å². The fourth-order valence-corrected chi connectivity index (χ4v) is 6.15. The Labute approximate surface area is 202 Å². The largest absolute Gasteiger partial charge is 0.477 e. The Morgan fingerprint density at radius 2 is 1.97 bits per heavy atom. The number of allylic oxidation sites excluding steroid dienone is 1. The van der Waals surface area contributed by atoms with Crippen molar-refractivity contribution in [3.8, 4) is 5.88 Å². The van der Waals surface area contributed by atoms with E-state index in [1.54, 1.807) is 10.9 Å². The minimum Gasteiger partial charge on any atom is -0.477 e. The van der Waals surface area contributed by atoms with Gasteiger partial charge in [-0.05, 0) is 67.6 Å². The van der Waals surface area contributed by atoms with E-state index in [4.69, 9.17) is 15.2 Å². The lowest BCUT2D eigenvalue weighted by molar-refractivity contribution is -0.137. The highest BCUT2D eigenvalue weighted by Crippen LogP contribution is 2.57. The van der Waals surface area contributed by atoms with Crippen molar-refractivity contribution in [3.63, 3.8) is 0 Å². The van der Waals surface area contributed by atoms with E-state index in [-0.39, 0.29) is 29.2 Å². The summed E-state index contributed by atoms with van der Waals surface area (Å²) in [6.45, 7) is 11.1. The third kappa shape index (κ3) is 5.10. The van der Waals surface area contributed by atoms with E-state index in [1.807, 2.05) is 6.20 Å². The number of rotatable bonds is 9. The van der Waals surface area contributed by atoms with Gasteiger partial charge in [0, 0.05) is 12.2 Å². The minimum atomic E-state index is -0.693. The zero-order chi connectivity index (χ0) is 24.7. The molecule has 2 unspecified atom stereocenters. The number of carbonyl (C=O) groups is 2. The van der Waals surface area contributed by atoms with E-state index in [9.17, 15) is 9.59 Å². The molecule has 0 spiro atoms. The molecular formula is C26H40N4O4. The molecule has 2 atom stereocenters. The van der Waals surface area contributed by atoms with Gasteiger partial charge in [0.05, 0.1) is 12.8 Å². The van der Waals surface area contributed by atoms with Crippen LogP contribution in [-0.2, 0) is 4.74 Å². The van der Waals surface area contributed by atoms with Gasteiger partial charge < -0.3 is 20.5 Å². The minimum absolute atomic E-state index is 0.0208. The van der Waals surface area contributed by atoms with Crippen LogP contribution in [0.1, 0.15) is 83.5 Å². The Hall–Kier alpha value is -2.51. The van der Waals surface area contributed by atoms with Gasteiger partial charge in [-0.2, -0.15) is 5.10 Å². The molecule has 4 fully saturated rings. The molecule has 1 aromatic heterocycles. The quantitative estimate of drug-likeness (QED) is 0.546. The van der Waals surface area contributed by atoms with Gasteiger partial charge in [-0.25, -0.2) is 9.48 Å². The number of amides is 2. The molecule has 5 rings (SSSR count). The number of carbonyl (C=O) groups excluding carboxylic acids is 2. The second-order valence-electron chi connectivity index (χ2n) is 11.7. The van der Waals surface area contributed by atoms with Crippen LogP contribution in [0.5, 0.6) is 5.88 Å². The number of ether oxygens (including phenoxy) is 2. The molecule has 4 aliphatic rings. The summed E-state index contributed by atoms with van der Waals surface area (Å²) >= 11 is 0. The summed E-state index contributed by atoms with van der Waals surface area (Å²) in [5.74, 6) is 1.75. The van der Waals surface area contributed by atoms with Crippen LogP contribution in [0.25, 0.3) is 6.20 Å². The fraction of sp³-hybridized carbons (Fsp3) is 0.731. The third-order valence-electron chi connectivity index (χ3n) is 7.96. The first kappa shape index (κ1) is 24.6. The summed E-state index contributed by atoms with van der Waals surface area (Å²) in [5.41, 5.74) is 5.40. The summed E-state index contributed by atoms with van der Waals surface area (Å²) in [7, 11) is 0. The normalized spacial score (nSPS) is 30.2. The average Bonchev–Trinajstić information content (AvgIpc) is 3.15. The highest BCUT2D eigenvalue weighted by Gasteiger charge is 2.57. The molecule has 0 aromatic carbocycles.